The molecule has 3 unspecified atom stereocenters. The van der Waals surface area contributed by atoms with Crippen LogP contribution in [0.25, 0.3) is 0 Å². The molecule has 0 bridgehead atoms. The molecule has 1 aliphatic heterocycles. The van der Waals surface area contributed by atoms with Crippen molar-refractivity contribution in [2.45, 2.75) is 64.1 Å². The van der Waals surface area contributed by atoms with Gasteiger partial charge in [0, 0.05) is 49.4 Å². The van der Waals surface area contributed by atoms with Gasteiger partial charge in [-0.3, -0.25) is 4.90 Å². The highest BCUT2D eigenvalue weighted by atomic mass is 19.1. The molecule has 0 radical (unpaired) electrons. The Morgan fingerprint density at radius 1 is 1.03 bits per heavy atom. The van der Waals surface area contributed by atoms with Crippen molar-refractivity contribution in [3.05, 3.63) is 65.5 Å². The third-order valence-corrected chi connectivity index (χ3v) is 7.37. The maximum Gasteiger partial charge on any atom is 0.127 e. The zero-order chi connectivity index (χ0) is 21.1. The van der Waals surface area contributed by atoms with Gasteiger partial charge in [0.2, 0.25) is 0 Å². The molecular formula is C26H35FN2O. The number of aliphatic hydroxyl groups is 1. The molecule has 0 amide bonds. The fourth-order valence-electron chi connectivity index (χ4n) is 5.68. The Balaban J connectivity index is 1.67. The molecule has 4 rings (SSSR count). The van der Waals surface area contributed by atoms with Crippen LogP contribution in [-0.2, 0) is 6.54 Å². The van der Waals surface area contributed by atoms with Crippen LogP contribution in [0.5, 0.6) is 0 Å². The van der Waals surface area contributed by atoms with Gasteiger partial charge in [-0.15, -0.1) is 0 Å². The number of nitrogens with zero attached hydrogens (tertiary/aromatic N) is 2. The number of rotatable bonds is 6. The third-order valence-electron chi connectivity index (χ3n) is 7.37. The lowest BCUT2D eigenvalue weighted by molar-refractivity contribution is -0.126. The number of piperidine rings is 1. The molecule has 2 aliphatic rings. The molecule has 1 saturated heterocycles. The summed E-state index contributed by atoms with van der Waals surface area (Å²) in [5.74, 6) is 0.0590. The molecule has 1 heterocycles. The molecule has 3 atom stereocenters. The van der Waals surface area contributed by atoms with E-state index in [0.717, 1.165) is 57.3 Å². The average Bonchev–Trinajstić information content (AvgIpc) is 2.77. The van der Waals surface area contributed by atoms with E-state index in [1.54, 1.807) is 12.1 Å². The van der Waals surface area contributed by atoms with E-state index < -0.39 is 5.60 Å². The first-order valence-electron chi connectivity index (χ1n) is 11.6. The number of hydrogen-bond acceptors (Lipinski definition) is 3. The van der Waals surface area contributed by atoms with Crippen LogP contribution >= 0.6 is 0 Å². The molecule has 1 N–H and O–H groups in total. The normalized spacial score (nSPS) is 26.9. The minimum Gasteiger partial charge on any atom is -0.389 e. The van der Waals surface area contributed by atoms with E-state index in [2.05, 4.69) is 47.9 Å². The van der Waals surface area contributed by atoms with Crippen LogP contribution in [0.4, 0.5) is 10.1 Å². The molecule has 30 heavy (non-hydrogen) atoms. The van der Waals surface area contributed by atoms with Crippen LogP contribution in [-0.4, -0.2) is 35.2 Å². The monoisotopic (exact) mass is 410 g/mol. The summed E-state index contributed by atoms with van der Waals surface area (Å²) in [6.07, 6.45) is 4.97. The number of anilines is 1. The minimum absolute atomic E-state index is 0.120. The molecule has 0 spiro atoms. The molecule has 2 aromatic rings. The van der Waals surface area contributed by atoms with Crippen molar-refractivity contribution in [2.75, 3.05) is 24.5 Å². The largest absolute Gasteiger partial charge is 0.389 e. The summed E-state index contributed by atoms with van der Waals surface area (Å²) in [7, 11) is 0. The van der Waals surface area contributed by atoms with E-state index >= 15 is 0 Å². The van der Waals surface area contributed by atoms with Gasteiger partial charge >= 0.3 is 0 Å². The van der Waals surface area contributed by atoms with Crippen molar-refractivity contribution in [1.82, 2.24) is 4.90 Å². The quantitative estimate of drug-likeness (QED) is 0.677. The van der Waals surface area contributed by atoms with E-state index in [4.69, 9.17) is 0 Å². The third kappa shape index (κ3) is 4.13. The Kier molecular flexibility index (Phi) is 6.45. The summed E-state index contributed by atoms with van der Waals surface area (Å²) in [5, 5.41) is 11.5. The lowest BCUT2D eigenvalue weighted by Crippen LogP contribution is -2.54. The number of likely N-dealkylation sites (tertiary alicyclic amines) is 1. The highest BCUT2D eigenvalue weighted by molar-refractivity contribution is 5.48. The SMILES string of the molecule is CCN(CC)c1ccc(C2C3CCCCC3(O)CCN2Cc2ccccc2F)cc1. The summed E-state index contributed by atoms with van der Waals surface area (Å²) in [5.41, 5.74) is 2.63. The van der Waals surface area contributed by atoms with E-state index in [1.807, 2.05) is 12.1 Å². The zero-order valence-corrected chi connectivity index (χ0v) is 18.4. The molecule has 3 nitrogen and oxygen atoms in total. The summed E-state index contributed by atoms with van der Waals surface area (Å²) in [6, 6.07) is 16.1. The molecular weight excluding hydrogens is 375 g/mol. The van der Waals surface area contributed by atoms with E-state index in [0.29, 0.717) is 6.54 Å². The zero-order valence-electron chi connectivity index (χ0n) is 18.4. The Labute approximate surface area is 180 Å². The summed E-state index contributed by atoms with van der Waals surface area (Å²) >= 11 is 0. The van der Waals surface area contributed by atoms with Gasteiger partial charge in [0.25, 0.3) is 0 Å². The lowest BCUT2D eigenvalue weighted by atomic mass is 9.66. The fourth-order valence-corrected chi connectivity index (χ4v) is 5.68. The highest BCUT2D eigenvalue weighted by Crippen LogP contribution is 2.49. The van der Waals surface area contributed by atoms with Crippen LogP contribution in [0.3, 0.4) is 0 Å². The van der Waals surface area contributed by atoms with Crippen molar-refractivity contribution in [1.29, 1.82) is 0 Å². The van der Waals surface area contributed by atoms with Crippen LogP contribution in [0.2, 0.25) is 0 Å². The van der Waals surface area contributed by atoms with Gasteiger partial charge < -0.3 is 10.0 Å². The smallest absolute Gasteiger partial charge is 0.127 e. The predicted octanol–water partition coefficient (Wildman–Crippen LogP) is 5.54. The predicted molar refractivity (Wildman–Crippen MR) is 121 cm³/mol. The van der Waals surface area contributed by atoms with E-state index in [1.165, 1.54) is 11.3 Å². The molecule has 4 heteroatoms. The van der Waals surface area contributed by atoms with Crippen molar-refractivity contribution in [2.24, 2.45) is 5.92 Å². The fraction of sp³-hybridized carbons (Fsp3) is 0.538. The first-order valence-corrected chi connectivity index (χ1v) is 11.6. The second kappa shape index (κ2) is 9.07. The van der Waals surface area contributed by atoms with Gasteiger partial charge in [0.1, 0.15) is 5.82 Å². The summed E-state index contributed by atoms with van der Waals surface area (Å²) in [4.78, 5) is 4.74. The molecule has 2 aromatic carbocycles. The first-order chi connectivity index (χ1) is 14.6. The number of hydrogen-bond donors (Lipinski definition) is 1. The van der Waals surface area contributed by atoms with Gasteiger partial charge in [0.05, 0.1) is 5.60 Å². The molecule has 1 saturated carbocycles. The van der Waals surface area contributed by atoms with Crippen molar-refractivity contribution < 1.29 is 9.50 Å². The minimum atomic E-state index is -0.591. The van der Waals surface area contributed by atoms with E-state index in [9.17, 15) is 9.50 Å². The Bertz CT molecular complexity index is 835. The van der Waals surface area contributed by atoms with Crippen molar-refractivity contribution >= 4 is 5.69 Å². The average molecular weight is 411 g/mol. The second-order valence-electron chi connectivity index (χ2n) is 8.98. The van der Waals surface area contributed by atoms with Crippen LogP contribution in [0.15, 0.2) is 48.5 Å². The topological polar surface area (TPSA) is 26.7 Å². The summed E-state index contributed by atoms with van der Waals surface area (Å²) in [6.45, 7) is 7.71. The van der Waals surface area contributed by atoms with Gasteiger partial charge in [-0.2, -0.15) is 0 Å². The van der Waals surface area contributed by atoms with Crippen molar-refractivity contribution in [3.63, 3.8) is 0 Å². The number of benzene rings is 2. The number of fused-ring (bicyclic) bond motifs is 1. The molecule has 162 valence electrons. The Morgan fingerprint density at radius 2 is 1.77 bits per heavy atom. The molecule has 2 fully saturated rings. The first kappa shape index (κ1) is 21.3. The molecule has 1 aliphatic carbocycles. The maximum absolute atomic E-state index is 14.4. The number of halogens is 1. The van der Waals surface area contributed by atoms with E-state index in [-0.39, 0.29) is 17.8 Å². The van der Waals surface area contributed by atoms with Gasteiger partial charge in [-0.1, -0.05) is 43.2 Å². The van der Waals surface area contributed by atoms with Gasteiger partial charge in [-0.05, 0) is 56.9 Å². The standard InChI is InChI=1S/C26H35FN2O/c1-3-28(4-2)22-14-12-20(13-15-22)25-23-10-7-8-16-26(23,30)17-18-29(25)19-21-9-5-6-11-24(21)27/h5-6,9,11-15,23,25,30H,3-4,7-8,10,16-19H2,1-2H3. The molecule has 0 aromatic heterocycles. The Morgan fingerprint density at radius 3 is 2.47 bits per heavy atom. The van der Waals surface area contributed by atoms with Gasteiger partial charge in [0.15, 0.2) is 0 Å². The Hall–Kier alpha value is -1.91. The lowest BCUT2D eigenvalue weighted by Gasteiger charge is -2.53. The van der Waals surface area contributed by atoms with Crippen LogP contribution in [0, 0.1) is 11.7 Å². The maximum atomic E-state index is 14.4. The van der Waals surface area contributed by atoms with Crippen LogP contribution < -0.4 is 4.90 Å². The van der Waals surface area contributed by atoms with Gasteiger partial charge in [-0.25, -0.2) is 4.39 Å². The van der Waals surface area contributed by atoms with Crippen molar-refractivity contribution in [3.8, 4) is 0 Å². The van der Waals surface area contributed by atoms with Crippen LogP contribution in [0.1, 0.15) is 63.1 Å². The highest BCUT2D eigenvalue weighted by Gasteiger charge is 2.48. The summed E-state index contributed by atoms with van der Waals surface area (Å²) < 4.78 is 14.4. The second-order valence-corrected chi connectivity index (χ2v) is 8.98.